The Balaban J connectivity index is 1.49. The SMILES string of the molecule is O=C(O)Oc1cc2cc(N3CC[C@](O)(C(=O)NCc4cc(F)cc(Cl)c4)C3=O)ccc2[nH]1. The summed E-state index contributed by atoms with van der Waals surface area (Å²) in [5.74, 6) is -2.25. The van der Waals surface area contributed by atoms with E-state index in [0.29, 0.717) is 22.2 Å². The van der Waals surface area contributed by atoms with Crippen molar-refractivity contribution >= 4 is 46.2 Å². The van der Waals surface area contributed by atoms with Crippen LogP contribution in [0.3, 0.4) is 0 Å². The van der Waals surface area contributed by atoms with Crippen LogP contribution < -0.4 is 15.0 Å². The molecule has 1 aliphatic heterocycles. The lowest BCUT2D eigenvalue weighted by atomic mass is 10.0. The van der Waals surface area contributed by atoms with Crippen LogP contribution in [-0.2, 0) is 16.1 Å². The average molecular weight is 462 g/mol. The number of hydrogen-bond acceptors (Lipinski definition) is 5. The van der Waals surface area contributed by atoms with E-state index >= 15 is 0 Å². The Morgan fingerprint density at radius 3 is 2.75 bits per heavy atom. The Morgan fingerprint density at radius 1 is 1.25 bits per heavy atom. The molecule has 1 saturated heterocycles. The average Bonchev–Trinajstić information content (AvgIpc) is 3.25. The molecule has 1 aliphatic rings. The van der Waals surface area contributed by atoms with Crippen molar-refractivity contribution in [3.8, 4) is 5.88 Å². The lowest BCUT2D eigenvalue weighted by molar-refractivity contribution is -0.149. The van der Waals surface area contributed by atoms with Gasteiger partial charge in [-0.3, -0.25) is 9.59 Å². The Bertz CT molecular complexity index is 1230. The summed E-state index contributed by atoms with van der Waals surface area (Å²) in [6.07, 6.45) is -1.61. The molecule has 11 heteroatoms. The first-order valence-electron chi connectivity index (χ1n) is 9.47. The van der Waals surface area contributed by atoms with Crippen LogP contribution in [0.5, 0.6) is 5.88 Å². The Labute approximate surface area is 185 Å². The number of hydrogen-bond donors (Lipinski definition) is 4. The monoisotopic (exact) mass is 461 g/mol. The Kier molecular flexibility index (Phi) is 5.49. The quantitative estimate of drug-likeness (QED) is 0.341. The number of ether oxygens (including phenoxy) is 1. The molecule has 0 saturated carbocycles. The number of halogens is 2. The number of carbonyl (C=O) groups excluding carboxylic acids is 2. The van der Waals surface area contributed by atoms with Gasteiger partial charge in [-0.2, -0.15) is 0 Å². The van der Waals surface area contributed by atoms with Crippen molar-refractivity contribution in [2.75, 3.05) is 11.4 Å². The summed E-state index contributed by atoms with van der Waals surface area (Å²) >= 11 is 5.80. The molecular weight excluding hydrogens is 445 g/mol. The number of anilines is 1. The molecular formula is C21H17ClFN3O6. The predicted octanol–water partition coefficient (Wildman–Crippen LogP) is 2.80. The van der Waals surface area contributed by atoms with E-state index in [-0.39, 0.29) is 30.4 Å². The fourth-order valence-corrected chi connectivity index (χ4v) is 3.86. The Morgan fingerprint density at radius 2 is 2.03 bits per heavy atom. The number of nitrogens with one attached hydrogen (secondary N) is 2. The number of benzene rings is 2. The van der Waals surface area contributed by atoms with Gasteiger partial charge in [-0.15, -0.1) is 0 Å². The first-order chi connectivity index (χ1) is 15.2. The van der Waals surface area contributed by atoms with E-state index in [1.54, 1.807) is 18.2 Å². The maximum Gasteiger partial charge on any atom is 0.512 e. The number of aromatic nitrogens is 1. The van der Waals surface area contributed by atoms with Crippen LogP contribution in [0.4, 0.5) is 14.9 Å². The molecule has 1 atom stereocenters. The second-order valence-corrected chi connectivity index (χ2v) is 7.74. The molecule has 0 unspecified atom stereocenters. The maximum atomic E-state index is 13.5. The largest absolute Gasteiger partial charge is 0.512 e. The van der Waals surface area contributed by atoms with Gasteiger partial charge in [-0.25, -0.2) is 9.18 Å². The summed E-state index contributed by atoms with van der Waals surface area (Å²) in [6, 6.07) is 10.1. The third-order valence-electron chi connectivity index (χ3n) is 5.14. The minimum Gasteiger partial charge on any atom is -0.449 e. The first-order valence-corrected chi connectivity index (χ1v) is 9.85. The number of nitrogens with zero attached hydrogens (tertiary/aromatic N) is 1. The number of aromatic amines is 1. The minimum absolute atomic E-state index is 0.0192. The molecule has 0 spiro atoms. The second kappa shape index (κ2) is 8.13. The lowest BCUT2D eigenvalue weighted by Crippen LogP contribution is -2.52. The van der Waals surface area contributed by atoms with Gasteiger partial charge in [0.2, 0.25) is 11.5 Å². The summed E-state index contributed by atoms with van der Waals surface area (Å²) in [4.78, 5) is 40.2. The molecule has 0 bridgehead atoms. The molecule has 2 amide bonds. The van der Waals surface area contributed by atoms with Crippen LogP contribution in [0.25, 0.3) is 10.9 Å². The fraction of sp³-hybridized carbons (Fsp3) is 0.190. The third kappa shape index (κ3) is 4.10. The lowest BCUT2D eigenvalue weighted by Gasteiger charge is -2.22. The molecule has 4 rings (SSSR count). The Hall–Kier alpha value is -3.63. The van der Waals surface area contributed by atoms with Crippen LogP contribution in [0.1, 0.15) is 12.0 Å². The van der Waals surface area contributed by atoms with Gasteiger partial charge in [0.05, 0.1) is 0 Å². The van der Waals surface area contributed by atoms with Crippen molar-refractivity contribution in [1.29, 1.82) is 0 Å². The highest BCUT2D eigenvalue weighted by molar-refractivity contribution is 6.30. The standard InChI is InChI=1S/C21H17ClFN3O6/c22-13-5-11(6-14(23)9-13)10-24-18(27)21(31)3-4-26(19(21)28)15-1-2-16-12(7-15)8-17(25-16)32-20(29)30/h1-2,5-9,25,31H,3-4,10H2,(H,24,27)(H,29,30)/t21-/m0/s1. The summed E-state index contributed by atoms with van der Waals surface area (Å²) in [5.41, 5.74) is -0.893. The fourth-order valence-electron chi connectivity index (χ4n) is 3.61. The molecule has 166 valence electrons. The van der Waals surface area contributed by atoms with Gasteiger partial charge >= 0.3 is 6.16 Å². The van der Waals surface area contributed by atoms with Crippen LogP contribution in [0.15, 0.2) is 42.5 Å². The van der Waals surface area contributed by atoms with Gasteiger partial charge in [0, 0.05) is 47.2 Å². The van der Waals surface area contributed by atoms with Crippen LogP contribution in [-0.4, -0.2) is 45.3 Å². The summed E-state index contributed by atoms with van der Waals surface area (Å²) in [6.45, 7) is -0.0312. The molecule has 1 fully saturated rings. The van der Waals surface area contributed by atoms with Gasteiger partial charge in [-0.05, 0) is 42.0 Å². The van der Waals surface area contributed by atoms with Crippen molar-refractivity contribution in [3.63, 3.8) is 0 Å². The molecule has 0 aliphatic carbocycles. The highest BCUT2D eigenvalue weighted by atomic mass is 35.5. The zero-order chi connectivity index (χ0) is 23.0. The van der Waals surface area contributed by atoms with E-state index in [1.807, 2.05) is 0 Å². The van der Waals surface area contributed by atoms with Crippen molar-refractivity contribution in [1.82, 2.24) is 10.3 Å². The van der Waals surface area contributed by atoms with Gasteiger partial charge in [0.15, 0.2) is 0 Å². The van der Waals surface area contributed by atoms with E-state index in [0.717, 1.165) is 6.07 Å². The predicted molar refractivity (Wildman–Crippen MR) is 112 cm³/mol. The van der Waals surface area contributed by atoms with E-state index in [1.165, 1.54) is 23.1 Å². The van der Waals surface area contributed by atoms with Gasteiger partial charge in [-0.1, -0.05) is 11.6 Å². The molecule has 9 nitrogen and oxygen atoms in total. The van der Waals surface area contributed by atoms with Crippen LogP contribution in [0.2, 0.25) is 5.02 Å². The highest BCUT2D eigenvalue weighted by Gasteiger charge is 2.51. The van der Waals surface area contributed by atoms with Gasteiger partial charge < -0.3 is 30.2 Å². The van der Waals surface area contributed by atoms with Crippen molar-refractivity contribution < 1.29 is 33.7 Å². The molecule has 2 aromatic carbocycles. The number of fused-ring (bicyclic) bond motifs is 1. The number of carbonyl (C=O) groups is 3. The maximum absolute atomic E-state index is 13.5. The molecule has 3 aromatic rings. The topological polar surface area (TPSA) is 132 Å². The first kappa shape index (κ1) is 21.6. The van der Waals surface area contributed by atoms with Crippen molar-refractivity contribution in [3.05, 3.63) is 58.9 Å². The number of carboxylic acid groups (broad SMARTS) is 1. The molecule has 1 aromatic heterocycles. The van der Waals surface area contributed by atoms with Gasteiger partial charge in [0.1, 0.15) is 5.82 Å². The number of amides is 2. The molecule has 4 N–H and O–H groups in total. The van der Waals surface area contributed by atoms with E-state index in [2.05, 4.69) is 15.0 Å². The summed E-state index contributed by atoms with van der Waals surface area (Å²) in [7, 11) is 0. The van der Waals surface area contributed by atoms with E-state index in [9.17, 15) is 23.9 Å². The second-order valence-electron chi connectivity index (χ2n) is 7.30. The van der Waals surface area contributed by atoms with Crippen molar-refractivity contribution in [2.45, 2.75) is 18.6 Å². The number of rotatable bonds is 5. The summed E-state index contributed by atoms with van der Waals surface area (Å²) < 4.78 is 18.0. The zero-order valence-corrected chi connectivity index (χ0v) is 17.1. The van der Waals surface area contributed by atoms with Crippen molar-refractivity contribution in [2.24, 2.45) is 0 Å². The highest BCUT2D eigenvalue weighted by Crippen LogP contribution is 2.32. The van der Waals surface area contributed by atoms with E-state index < -0.39 is 29.4 Å². The number of H-pyrrole nitrogens is 1. The normalized spacial score (nSPS) is 18.2. The smallest absolute Gasteiger partial charge is 0.449 e. The molecule has 32 heavy (non-hydrogen) atoms. The molecule has 2 heterocycles. The minimum atomic E-state index is -2.28. The van der Waals surface area contributed by atoms with E-state index in [4.69, 9.17) is 16.7 Å². The third-order valence-corrected chi connectivity index (χ3v) is 5.35. The van der Waals surface area contributed by atoms with Gasteiger partial charge in [0.25, 0.3) is 11.8 Å². The van der Waals surface area contributed by atoms with Crippen LogP contribution >= 0.6 is 11.6 Å². The molecule has 0 radical (unpaired) electrons. The summed E-state index contributed by atoms with van der Waals surface area (Å²) in [5, 5.41) is 22.7. The number of aliphatic hydroxyl groups is 1. The van der Waals surface area contributed by atoms with Crippen LogP contribution in [0, 0.1) is 5.82 Å². The zero-order valence-electron chi connectivity index (χ0n) is 16.4.